The van der Waals surface area contributed by atoms with Crippen molar-refractivity contribution in [3.8, 4) is 0 Å². The van der Waals surface area contributed by atoms with Crippen LogP contribution in [0.15, 0.2) is 42.5 Å². The van der Waals surface area contributed by atoms with E-state index < -0.39 is 41.4 Å². The molecule has 1 unspecified atom stereocenters. The number of rotatable bonds is 7. The highest BCUT2D eigenvalue weighted by molar-refractivity contribution is 5.99. The van der Waals surface area contributed by atoms with Crippen molar-refractivity contribution in [1.29, 1.82) is 0 Å². The first kappa shape index (κ1) is 27.3. The number of aldehydes is 1. The minimum atomic E-state index is -1.30. The van der Waals surface area contributed by atoms with Crippen molar-refractivity contribution >= 4 is 40.7 Å². The Bertz CT molecular complexity index is 1230. The molecule has 2 aliphatic rings. The van der Waals surface area contributed by atoms with E-state index in [2.05, 4.69) is 16.0 Å². The highest BCUT2D eigenvalue weighted by Gasteiger charge is 2.43. The van der Waals surface area contributed by atoms with Gasteiger partial charge in [0.1, 0.15) is 30.0 Å². The first-order valence-electron chi connectivity index (χ1n) is 13.4. The van der Waals surface area contributed by atoms with Crippen LogP contribution < -0.4 is 16.0 Å². The summed E-state index contributed by atoms with van der Waals surface area (Å²) in [5, 5.41) is 10.6. The molecule has 202 valence electrons. The van der Waals surface area contributed by atoms with Crippen molar-refractivity contribution in [3.05, 3.63) is 48.0 Å². The normalized spacial score (nSPS) is 26.6. The van der Waals surface area contributed by atoms with E-state index in [0.717, 1.165) is 22.6 Å². The molecule has 0 aliphatic carbocycles. The van der Waals surface area contributed by atoms with E-state index in [-0.39, 0.29) is 31.6 Å². The minimum absolute atomic E-state index is 0.249. The van der Waals surface area contributed by atoms with Gasteiger partial charge < -0.3 is 25.6 Å². The number of fused-ring (bicyclic) bond motifs is 2. The summed E-state index contributed by atoms with van der Waals surface area (Å²) in [6, 6.07) is 11.2. The largest absolute Gasteiger partial charge is 0.343 e. The summed E-state index contributed by atoms with van der Waals surface area (Å²) in [4.78, 5) is 66.6. The van der Waals surface area contributed by atoms with Crippen molar-refractivity contribution < 1.29 is 24.0 Å². The van der Waals surface area contributed by atoms with Gasteiger partial charge in [-0.05, 0) is 55.4 Å². The smallest absolute Gasteiger partial charge is 0.246 e. The number of hydrogen-bond acceptors (Lipinski definition) is 5. The third-order valence-corrected chi connectivity index (χ3v) is 7.80. The first-order valence-corrected chi connectivity index (χ1v) is 13.4. The quantitative estimate of drug-likeness (QED) is 0.381. The zero-order chi connectivity index (χ0) is 27.3. The molecule has 2 aliphatic heterocycles. The molecule has 38 heavy (non-hydrogen) atoms. The van der Waals surface area contributed by atoms with Gasteiger partial charge in [-0.2, -0.15) is 0 Å². The van der Waals surface area contributed by atoms with E-state index in [1.54, 1.807) is 13.8 Å². The fourth-order valence-electron chi connectivity index (χ4n) is 5.32. The van der Waals surface area contributed by atoms with Gasteiger partial charge in [0.2, 0.25) is 23.6 Å². The summed E-state index contributed by atoms with van der Waals surface area (Å²) >= 11 is 0. The van der Waals surface area contributed by atoms with Crippen LogP contribution in [0.1, 0.15) is 57.9 Å². The average molecular weight is 521 g/mol. The molecule has 2 heterocycles. The molecule has 3 N–H and O–H groups in total. The van der Waals surface area contributed by atoms with Gasteiger partial charge in [0.25, 0.3) is 0 Å². The van der Waals surface area contributed by atoms with Gasteiger partial charge in [0, 0.05) is 19.4 Å². The molecule has 2 saturated heterocycles. The standard InChI is InChI=1S/C29H36N4O5/c1-3-29(2)28(38)31-23(18-20-12-8-11-19-10-4-5-13-21(19)20)27(37)33-16-9-15-24(33)26(36)30-22(25(35)32-29)14-6-7-17-34/h4-5,8,10-13,17,22-24H,3,6-7,9,14-16,18H2,1-2H3,(H,30,36)(H,31,38)(H,32,35)/t22-,23?,24+,29-/m0/s1. The molecule has 0 saturated carbocycles. The predicted molar refractivity (Wildman–Crippen MR) is 143 cm³/mol. The maximum atomic E-state index is 13.9. The Morgan fingerprint density at radius 1 is 1.00 bits per heavy atom. The lowest BCUT2D eigenvalue weighted by Crippen LogP contribution is -2.65. The predicted octanol–water partition coefficient (Wildman–Crippen LogP) is 2.01. The van der Waals surface area contributed by atoms with E-state index in [4.69, 9.17) is 0 Å². The van der Waals surface area contributed by atoms with E-state index >= 15 is 0 Å². The fraction of sp³-hybridized carbons (Fsp3) is 0.483. The van der Waals surface area contributed by atoms with E-state index in [0.29, 0.717) is 25.8 Å². The van der Waals surface area contributed by atoms with Crippen molar-refractivity contribution in [2.24, 2.45) is 0 Å². The summed E-state index contributed by atoms with van der Waals surface area (Å²) in [5.74, 6) is -1.64. The molecule has 4 atom stereocenters. The molecule has 2 aromatic carbocycles. The highest BCUT2D eigenvalue weighted by atomic mass is 16.2. The lowest BCUT2D eigenvalue weighted by atomic mass is 9.93. The number of carbonyl (C=O) groups is 5. The Morgan fingerprint density at radius 2 is 1.76 bits per heavy atom. The Labute approximate surface area is 222 Å². The van der Waals surface area contributed by atoms with Crippen molar-refractivity contribution in [2.45, 2.75) is 82.5 Å². The number of carbonyl (C=O) groups excluding carboxylic acids is 5. The average Bonchev–Trinajstić information content (AvgIpc) is 3.41. The van der Waals surface area contributed by atoms with Gasteiger partial charge in [0.05, 0.1) is 0 Å². The molecule has 0 bridgehead atoms. The van der Waals surface area contributed by atoms with Gasteiger partial charge in [-0.3, -0.25) is 19.2 Å². The molecule has 4 amide bonds. The van der Waals surface area contributed by atoms with Crippen LogP contribution in [0.5, 0.6) is 0 Å². The topological polar surface area (TPSA) is 125 Å². The second-order valence-electron chi connectivity index (χ2n) is 10.4. The maximum absolute atomic E-state index is 13.9. The molecule has 0 spiro atoms. The summed E-state index contributed by atoms with van der Waals surface area (Å²) in [6.45, 7) is 3.80. The number of unbranched alkanes of at least 4 members (excludes halogenated alkanes) is 1. The summed E-state index contributed by atoms with van der Waals surface area (Å²) < 4.78 is 0. The van der Waals surface area contributed by atoms with Gasteiger partial charge in [-0.25, -0.2) is 0 Å². The minimum Gasteiger partial charge on any atom is -0.343 e. The van der Waals surface area contributed by atoms with Crippen LogP contribution in [-0.2, 0) is 30.4 Å². The van der Waals surface area contributed by atoms with Crippen LogP contribution in [0, 0.1) is 0 Å². The van der Waals surface area contributed by atoms with Crippen molar-refractivity contribution in [2.75, 3.05) is 6.54 Å². The third kappa shape index (κ3) is 5.71. The van der Waals surface area contributed by atoms with Gasteiger partial charge in [0.15, 0.2) is 0 Å². The Hall–Kier alpha value is -3.75. The Balaban J connectivity index is 1.70. The van der Waals surface area contributed by atoms with Crippen LogP contribution in [0.4, 0.5) is 0 Å². The van der Waals surface area contributed by atoms with Crippen LogP contribution in [0.25, 0.3) is 10.8 Å². The molecule has 9 nitrogen and oxygen atoms in total. The molecule has 0 aromatic heterocycles. The first-order chi connectivity index (χ1) is 18.3. The van der Waals surface area contributed by atoms with Crippen molar-refractivity contribution in [3.63, 3.8) is 0 Å². The zero-order valence-electron chi connectivity index (χ0n) is 22.0. The number of benzene rings is 2. The molecular formula is C29H36N4O5. The van der Waals surface area contributed by atoms with Crippen LogP contribution in [0.2, 0.25) is 0 Å². The van der Waals surface area contributed by atoms with Crippen molar-refractivity contribution in [1.82, 2.24) is 20.9 Å². The summed E-state index contributed by atoms with van der Waals surface area (Å²) in [5.41, 5.74) is -0.391. The summed E-state index contributed by atoms with van der Waals surface area (Å²) in [7, 11) is 0. The molecule has 0 radical (unpaired) electrons. The highest BCUT2D eigenvalue weighted by Crippen LogP contribution is 2.24. The zero-order valence-corrected chi connectivity index (χ0v) is 22.0. The van der Waals surface area contributed by atoms with E-state index in [1.807, 2.05) is 42.5 Å². The van der Waals surface area contributed by atoms with E-state index in [1.165, 1.54) is 4.90 Å². The van der Waals surface area contributed by atoms with Crippen LogP contribution >= 0.6 is 0 Å². The number of amides is 4. The van der Waals surface area contributed by atoms with Gasteiger partial charge in [-0.1, -0.05) is 49.4 Å². The second kappa shape index (κ2) is 11.8. The molecular weight excluding hydrogens is 484 g/mol. The lowest BCUT2D eigenvalue weighted by Gasteiger charge is -2.36. The Morgan fingerprint density at radius 3 is 2.53 bits per heavy atom. The molecule has 4 rings (SSSR count). The fourth-order valence-corrected chi connectivity index (χ4v) is 5.32. The molecule has 9 heteroatoms. The number of hydrogen-bond donors (Lipinski definition) is 3. The van der Waals surface area contributed by atoms with Gasteiger partial charge >= 0.3 is 0 Å². The number of nitrogens with one attached hydrogen (secondary N) is 3. The number of nitrogens with zero attached hydrogens (tertiary/aromatic N) is 1. The van der Waals surface area contributed by atoms with Crippen LogP contribution in [-0.4, -0.2) is 65.0 Å². The monoisotopic (exact) mass is 520 g/mol. The van der Waals surface area contributed by atoms with Crippen LogP contribution in [0.3, 0.4) is 0 Å². The SMILES string of the molecule is CC[C@]1(C)NC(=O)[C@H](CCCC=O)NC(=O)[C@H]2CCCN2C(=O)C(Cc2cccc3ccccc23)NC1=O. The third-order valence-electron chi connectivity index (χ3n) is 7.80. The van der Waals surface area contributed by atoms with Gasteiger partial charge in [-0.15, -0.1) is 0 Å². The second-order valence-corrected chi connectivity index (χ2v) is 10.4. The summed E-state index contributed by atoms with van der Waals surface area (Å²) in [6.07, 6.45) is 3.34. The molecule has 2 aromatic rings. The lowest BCUT2D eigenvalue weighted by molar-refractivity contribution is -0.144. The van der Waals surface area contributed by atoms with E-state index in [9.17, 15) is 24.0 Å². The Kier molecular flexibility index (Phi) is 8.44. The molecule has 2 fully saturated rings. The maximum Gasteiger partial charge on any atom is 0.246 e.